The fourth-order valence-electron chi connectivity index (χ4n) is 3.97. The van der Waals surface area contributed by atoms with Gasteiger partial charge in [0.2, 0.25) is 5.95 Å². The third-order valence-corrected chi connectivity index (χ3v) is 6.54. The molecule has 158 valence electrons. The zero-order valence-electron chi connectivity index (χ0n) is 17.7. The summed E-state index contributed by atoms with van der Waals surface area (Å²) >= 11 is 1.55. The van der Waals surface area contributed by atoms with Crippen molar-refractivity contribution in [2.24, 2.45) is 0 Å². The van der Waals surface area contributed by atoms with Gasteiger partial charge in [-0.3, -0.25) is 13.8 Å². The first-order valence-corrected chi connectivity index (χ1v) is 11.5. The van der Waals surface area contributed by atoms with E-state index < -0.39 is 0 Å². The van der Waals surface area contributed by atoms with Crippen molar-refractivity contribution in [2.45, 2.75) is 37.6 Å². The summed E-state index contributed by atoms with van der Waals surface area (Å²) in [6.45, 7) is 5.99. The van der Waals surface area contributed by atoms with Gasteiger partial charge in [-0.25, -0.2) is 4.98 Å². The van der Waals surface area contributed by atoms with Crippen LogP contribution in [0.25, 0.3) is 11.3 Å². The van der Waals surface area contributed by atoms with E-state index in [1.54, 1.807) is 22.2 Å². The van der Waals surface area contributed by atoms with Crippen molar-refractivity contribution < 1.29 is 0 Å². The molecule has 0 saturated carbocycles. The molecule has 0 aliphatic carbocycles. The fraction of sp³-hybridized carbons (Fsp3) is 0.304. The molecule has 1 aromatic carbocycles. The number of anilines is 1. The van der Waals surface area contributed by atoms with Crippen molar-refractivity contribution in [3.63, 3.8) is 0 Å². The van der Waals surface area contributed by atoms with E-state index in [9.17, 15) is 4.79 Å². The maximum Gasteiger partial charge on any atom is 0.258 e. The molecule has 0 N–H and O–H groups in total. The van der Waals surface area contributed by atoms with E-state index in [1.165, 1.54) is 18.4 Å². The molecule has 0 unspecified atom stereocenters. The Kier molecular flexibility index (Phi) is 5.23. The first-order valence-electron chi connectivity index (χ1n) is 10.5. The molecule has 1 fully saturated rings. The molecule has 1 saturated heterocycles. The number of fused-ring (bicyclic) bond motifs is 1. The van der Waals surface area contributed by atoms with Crippen LogP contribution < -0.4 is 10.5 Å². The summed E-state index contributed by atoms with van der Waals surface area (Å²) in [6.07, 6.45) is 2.35. The number of rotatable bonds is 5. The standard InChI is InChI=1S/C23H24N6OS/c1-16-8-10-19(11-9-16)29-22(27-12-3-4-13-27)25-26-23(29)31-15-18-14-21(30)28-17(2)6-5-7-20(28)24-18/h5-11,14H,3-4,12-13,15H2,1-2H3. The van der Waals surface area contributed by atoms with Gasteiger partial charge in [0.25, 0.3) is 5.56 Å². The highest BCUT2D eigenvalue weighted by molar-refractivity contribution is 7.98. The van der Waals surface area contributed by atoms with Gasteiger partial charge in [0.15, 0.2) is 5.16 Å². The fourth-order valence-corrected chi connectivity index (χ4v) is 4.81. The number of hydrogen-bond donors (Lipinski definition) is 0. The number of nitrogens with zero attached hydrogens (tertiary/aromatic N) is 6. The lowest BCUT2D eigenvalue weighted by Crippen LogP contribution is -2.22. The van der Waals surface area contributed by atoms with E-state index in [0.29, 0.717) is 11.4 Å². The van der Waals surface area contributed by atoms with Gasteiger partial charge in [-0.05, 0) is 51.0 Å². The average molecular weight is 433 g/mol. The van der Waals surface area contributed by atoms with Crippen LogP contribution in [-0.4, -0.2) is 37.2 Å². The van der Waals surface area contributed by atoms with Gasteiger partial charge < -0.3 is 4.90 Å². The van der Waals surface area contributed by atoms with Crippen LogP contribution in [0.5, 0.6) is 0 Å². The van der Waals surface area contributed by atoms with Gasteiger partial charge >= 0.3 is 0 Å². The van der Waals surface area contributed by atoms with E-state index >= 15 is 0 Å². The van der Waals surface area contributed by atoms with Gasteiger partial charge in [0.1, 0.15) is 5.65 Å². The zero-order valence-corrected chi connectivity index (χ0v) is 18.5. The van der Waals surface area contributed by atoms with Gasteiger partial charge in [0.05, 0.1) is 11.4 Å². The van der Waals surface area contributed by atoms with Crippen LogP contribution in [0.1, 0.15) is 29.8 Å². The molecular formula is C23H24N6OS. The smallest absolute Gasteiger partial charge is 0.258 e. The first-order chi connectivity index (χ1) is 15.1. The van der Waals surface area contributed by atoms with E-state index in [2.05, 4.69) is 55.8 Å². The Balaban J connectivity index is 1.49. The first kappa shape index (κ1) is 19.8. The van der Waals surface area contributed by atoms with Crippen LogP contribution in [-0.2, 0) is 5.75 Å². The Hall–Kier alpha value is -3.13. The summed E-state index contributed by atoms with van der Waals surface area (Å²) in [5, 5.41) is 9.82. The zero-order chi connectivity index (χ0) is 21.4. The van der Waals surface area contributed by atoms with Crippen LogP contribution >= 0.6 is 11.8 Å². The minimum Gasteiger partial charge on any atom is -0.341 e. The normalized spacial score (nSPS) is 13.9. The summed E-state index contributed by atoms with van der Waals surface area (Å²) in [4.78, 5) is 19.6. The number of thioether (sulfide) groups is 1. The van der Waals surface area contributed by atoms with Crippen molar-refractivity contribution in [1.82, 2.24) is 24.1 Å². The van der Waals surface area contributed by atoms with Gasteiger partial charge in [0, 0.05) is 30.6 Å². The number of hydrogen-bond acceptors (Lipinski definition) is 6. The minimum atomic E-state index is -0.0588. The second-order valence-electron chi connectivity index (χ2n) is 7.88. The largest absolute Gasteiger partial charge is 0.341 e. The van der Waals surface area contributed by atoms with Crippen molar-refractivity contribution in [2.75, 3.05) is 18.0 Å². The molecule has 1 aliphatic heterocycles. The lowest BCUT2D eigenvalue weighted by Gasteiger charge is -2.18. The van der Waals surface area contributed by atoms with Gasteiger partial charge in [-0.15, -0.1) is 10.2 Å². The topological polar surface area (TPSA) is 68.3 Å². The lowest BCUT2D eigenvalue weighted by atomic mass is 10.2. The molecule has 8 heteroatoms. The summed E-state index contributed by atoms with van der Waals surface area (Å²) in [5.74, 6) is 1.43. The second kappa shape index (κ2) is 8.19. The van der Waals surface area contributed by atoms with Crippen molar-refractivity contribution in [3.8, 4) is 5.69 Å². The maximum absolute atomic E-state index is 12.6. The lowest BCUT2D eigenvalue weighted by molar-refractivity contribution is 0.840. The predicted molar refractivity (Wildman–Crippen MR) is 123 cm³/mol. The van der Waals surface area contributed by atoms with Crippen LogP contribution in [0, 0.1) is 13.8 Å². The molecule has 7 nitrogen and oxygen atoms in total. The molecule has 4 aromatic rings. The second-order valence-corrected chi connectivity index (χ2v) is 8.83. The summed E-state index contributed by atoms with van der Waals surface area (Å²) in [5.41, 5.74) is 4.48. The van der Waals surface area contributed by atoms with Gasteiger partial charge in [-0.2, -0.15) is 0 Å². The molecule has 3 aromatic heterocycles. The van der Waals surface area contributed by atoms with E-state index in [-0.39, 0.29) is 5.56 Å². The SMILES string of the molecule is Cc1ccc(-n2c(SCc3cc(=O)n4c(C)cccc4n3)nnc2N2CCCC2)cc1. The van der Waals surface area contributed by atoms with E-state index in [4.69, 9.17) is 0 Å². The molecule has 5 rings (SSSR count). The van der Waals surface area contributed by atoms with Crippen LogP contribution in [0.2, 0.25) is 0 Å². The number of aromatic nitrogens is 5. The summed E-state index contributed by atoms with van der Waals surface area (Å²) < 4.78 is 3.75. The highest BCUT2D eigenvalue weighted by atomic mass is 32.2. The quantitative estimate of drug-likeness (QED) is 0.447. The Morgan fingerprint density at radius 1 is 1.00 bits per heavy atom. The summed E-state index contributed by atoms with van der Waals surface area (Å²) in [6, 6.07) is 15.7. The molecule has 4 heterocycles. The highest BCUT2D eigenvalue weighted by Crippen LogP contribution is 2.30. The van der Waals surface area contributed by atoms with E-state index in [0.717, 1.165) is 41.3 Å². The maximum atomic E-state index is 12.6. The molecule has 0 radical (unpaired) electrons. The molecule has 31 heavy (non-hydrogen) atoms. The summed E-state index contributed by atoms with van der Waals surface area (Å²) in [7, 11) is 0. The highest BCUT2D eigenvalue weighted by Gasteiger charge is 2.22. The van der Waals surface area contributed by atoms with Crippen molar-refractivity contribution in [1.29, 1.82) is 0 Å². The number of aryl methyl sites for hydroxylation is 2. The molecule has 0 atom stereocenters. The number of pyridine rings is 1. The Morgan fingerprint density at radius 2 is 1.77 bits per heavy atom. The van der Waals surface area contributed by atoms with Gasteiger partial charge in [-0.1, -0.05) is 35.5 Å². The Labute approximate surface area is 184 Å². The molecule has 0 spiro atoms. The van der Waals surface area contributed by atoms with E-state index in [1.807, 2.05) is 25.1 Å². The van der Waals surface area contributed by atoms with Crippen LogP contribution in [0.15, 0.2) is 58.5 Å². The third-order valence-electron chi connectivity index (χ3n) is 5.58. The Morgan fingerprint density at radius 3 is 2.55 bits per heavy atom. The minimum absolute atomic E-state index is 0.0588. The third kappa shape index (κ3) is 3.83. The molecule has 1 aliphatic rings. The van der Waals surface area contributed by atoms with Crippen molar-refractivity contribution in [3.05, 3.63) is 75.8 Å². The Bertz CT molecular complexity index is 1290. The van der Waals surface area contributed by atoms with Crippen LogP contribution in [0.4, 0.5) is 5.95 Å². The number of benzene rings is 1. The molecule has 0 bridgehead atoms. The predicted octanol–water partition coefficient (Wildman–Crippen LogP) is 3.78. The monoisotopic (exact) mass is 432 g/mol. The molecule has 0 amide bonds. The van der Waals surface area contributed by atoms with Crippen LogP contribution in [0.3, 0.4) is 0 Å². The average Bonchev–Trinajstić information content (AvgIpc) is 3.42. The molecular weight excluding hydrogens is 408 g/mol. The van der Waals surface area contributed by atoms with Crippen molar-refractivity contribution >= 4 is 23.4 Å².